The van der Waals surface area contributed by atoms with Crippen molar-refractivity contribution in [1.29, 1.82) is 0 Å². The zero-order valence-electron chi connectivity index (χ0n) is 14.3. The molecule has 1 amide bonds. The van der Waals surface area contributed by atoms with Gasteiger partial charge < -0.3 is 14.1 Å². The fourth-order valence-electron chi connectivity index (χ4n) is 3.16. The molecule has 4 rings (SSSR count). The zero-order chi connectivity index (χ0) is 17.8. The number of rotatable bonds is 6. The lowest BCUT2D eigenvalue weighted by molar-refractivity contribution is -0.133. The van der Waals surface area contributed by atoms with Crippen LogP contribution in [-0.2, 0) is 29.1 Å². The molecule has 0 saturated carbocycles. The molecule has 134 valence electrons. The first-order valence-corrected chi connectivity index (χ1v) is 8.60. The molecule has 0 N–H and O–H groups in total. The molecular weight excluding hydrogens is 332 g/mol. The van der Waals surface area contributed by atoms with Crippen LogP contribution >= 0.6 is 0 Å². The molecule has 0 fully saturated rings. The van der Waals surface area contributed by atoms with Crippen molar-refractivity contribution >= 4 is 5.91 Å². The number of ether oxygens (including phenoxy) is 1. The lowest BCUT2D eigenvalue weighted by atomic mass is 10.1. The molecule has 4 heterocycles. The number of aromatic nitrogens is 3. The molecular formula is C19H20N4O3. The topological polar surface area (TPSA) is 73.4 Å². The Morgan fingerprint density at radius 1 is 1.23 bits per heavy atom. The molecule has 0 aliphatic carbocycles. The molecule has 3 aromatic rings. The van der Waals surface area contributed by atoms with Crippen LogP contribution in [0, 0.1) is 0 Å². The molecule has 1 atom stereocenters. The van der Waals surface area contributed by atoms with Gasteiger partial charge in [0.05, 0.1) is 49.9 Å². The molecule has 1 aliphatic rings. The van der Waals surface area contributed by atoms with Gasteiger partial charge in [-0.2, -0.15) is 5.10 Å². The molecule has 0 bridgehead atoms. The number of amides is 1. The van der Waals surface area contributed by atoms with Gasteiger partial charge in [-0.15, -0.1) is 0 Å². The van der Waals surface area contributed by atoms with Crippen LogP contribution in [0.4, 0.5) is 0 Å². The average molecular weight is 352 g/mol. The fourth-order valence-corrected chi connectivity index (χ4v) is 3.16. The van der Waals surface area contributed by atoms with Crippen LogP contribution in [0.3, 0.4) is 0 Å². The third-order valence-electron chi connectivity index (χ3n) is 4.43. The molecule has 7 nitrogen and oxygen atoms in total. The van der Waals surface area contributed by atoms with Crippen LogP contribution in [0.15, 0.2) is 59.5 Å². The minimum absolute atomic E-state index is 0.0157. The first kappa shape index (κ1) is 16.5. The minimum Gasteiger partial charge on any atom is -0.469 e. The van der Waals surface area contributed by atoms with E-state index in [1.165, 1.54) is 0 Å². The summed E-state index contributed by atoms with van der Waals surface area (Å²) in [6.45, 7) is 2.02. The van der Waals surface area contributed by atoms with E-state index in [0.29, 0.717) is 32.1 Å². The summed E-state index contributed by atoms with van der Waals surface area (Å²) in [5.41, 5.74) is 1.89. The number of nitrogens with zero attached hydrogens (tertiary/aromatic N) is 4. The Morgan fingerprint density at radius 3 is 3.00 bits per heavy atom. The second-order valence-corrected chi connectivity index (χ2v) is 6.29. The van der Waals surface area contributed by atoms with E-state index in [4.69, 9.17) is 9.15 Å². The van der Waals surface area contributed by atoms with Gasteiger partial charge in [0.2, 0.25) is 5.91 Å². The lowest BCUT2D eigenvalue weighted by Gasteiger charge is -2.33. The first-order valence-electron chi connectivity index (χ1n) is 8.60. The zero-order valence-corrected chi connectivity index (χ0v) is 14.3. The van der Waals surface area contributed by atoms with E-state index in [1.54, 1.807) is 24.7 Å². The summed E-state index contributed by atoms with van der Waals surface area (Å²) in [4.78, 5) is 18.7. The SMILES string of the molecule is O=C(Cc1ccco1)N1Cc2ccnn2C(COCc2ccccn2)C1. The summed E-state index contributed by atoms with van der Waals surface area (Å²) < 4.78 is 13.1. The van der Waals surface area contributed by atoms with Gasteiger partial charge in [0.25, 0.3) is 0 Å². The summed E-state index contributed by atoms with van der Waals surface area (Å²) in [5, 5.41) is 4.40. The molecule has 26 heavy (non-hydrogen) atoms. The van der Waals surface area contributed by atoms with Crippen LogP contribution in [0.25, 0.3) is 0 Å². The van der Waals surface area contributed by atoms with Crippen LogP contribution in [0.5, 0.6) is 0 Å². The highest BCUT2D eigenvalue weighted by molar-refractivity contribution is 5.78. The largest absolute Gasteiger partial charge is 0.469 e. The molecule has 0 radical (unpaired) electrons. The van der Waals surface area contributed by atoms with Gasteiger partial charge in [-0.3, -0.25) is 14.5 Å². The van der Waals surface area contributed by atoms with Crippen molar-refractivity contribution in [2.75, 3.05) is 13.2 Å². The fraction of sp³-hybridized carbons (Fsp3) is 0.316. The van der Waals surface area contributed by atoms with Gasteiger partial charge in [0, 0.05) is 18.9 Å². The number of carbonyl (C=O) groups excluding carboxylic acids is 1. The van der Waals surface area contributed by atoms with E-state index < -0.39 is 0 Å². The van der Waals surface area contributed by atoms with Crippen molar-refractivity contribution in [3.8, 4) is 0 Å². The maximum Gasteiger partial charge on any atom is 0.230 e. The predicted molar refractivity (Wildman–Crippen MR) is 93.0 cm³/mol. The second-order valence-electron chi connectivity index (χ2n) is 6.29. The molecule has 0 spiro atoms. The third-order valence-corrected chi connectivity index (χ3v) is 4.43. The monoisotopic (exact) mass is 352 g/mol. The Kier molecular flexibility index (Phi) is 4.79. The van der Waals surface area contributed by atoms with Gasteiger partial charge in [0.15, 0.2) is 0 Å². The molecule has 0 saturated heterocycles. The van der Waals surface area contributed by atoms with E-state index in [0.717, 1.165) is 11.4 Å². The van der Waals surface area contributed by atoms with Crippen molar-refractivity contribution in [3.05, 3.63) is 72.2 Å². The van der Waals surface area contributed by atoms with Gasteiger partial charge in [-0.1, -0.05) is 6.07 Å². The Morgan fingerprint density at radius 2 is 2.19 bits per heavy atom. The van der Waals surface area contributed by atoms with Crippen molar-refractivity contribution in [1.82, 2.24) is 19.7 Å². The van der Waals surface area contributed by atoms with Crippen LogP contribution in [-0.4, -0.2) is 38.7 Å². The lowest BCUT2D eigenvalue weighted by Crippen LogP contribution is -2.43. The van der Waals surface area contributed by atoms with E-state index in [9.17, 15) is 4.79 Å². The van der Waals surface area contributed by atoms with Gasteiger partial charge >= 0.3 is 0 Å². The molecule has 1 aliphatic heterocycles. The van der Waals surface area contributed by atoms with Crippen LogP contribution in [0.1, 0.15) is 23.2 Å². The van der Waals surface area contributed by atoms with Crippen molar-refractivity contribution in [2.24, 2.45) is 0 Å². The number of hydrogen-bond donors (Lipinski definition) is 0. The Bertz CT molecular complexity index is 845. The van der Waals surface area contributed by atoms with E-state index >= 15 is 0 Å². The van der Waals surface area contributed by atoms with Gasteiger partial charge in [0.1, 0.15) is 5.76 Å². The van der Waals surface area contributed by atoms with E-state index in [2.05, 4.69) is 10.1 Å². The summed E-state index contributed by atoms with van der Waals surface area (Å²) >= 11 is 0. The average Bonchev–Trinajstić information content (AvgIpc) is 3.34. The Hall–Kier alpha value is -2.93. The van der Waals surface area contributed by atoms with E-state index in [1.807, 2.05) is 39.9 Å². The summed E-state index contributed by atoms with van der Waals surface area (Å²) in [6.07, 6.45) is 5.37. The highest BCUT2D eigenvalue weighted by atomic mass is 16.5. The molecule has 1 unspecified atom stereocenters. The third kappa shape index (κ3) is 3.67. The van der Waals surface area contributed by atoms with Crippen LogP contribution in [0.2, 0.25) is 0 Å². The summed E-state index contributed by atoms with van der Waals surface area (Å²) in [5.74, 6) is 0.721. The van der Waals surface area contributed by atoms with Crippen molar-refractivity contribution in [2.45, 2.75) is 25.6 Å². The number of furan rings is 1. The summed E-state index contributed by atoms with van der Waals surface area (Å²) in [6, 6.07) is 11.3. The summed E-state index contributed by atoms with van der Waals surface area (Å²) in [7, 11) is 0. The van der Waals surface area contributed by atoms with Crippen molar-refractivity contribution in [3.63, 3.8) is 0 Å². The highest BCUT2D eigenvalue weighted by Gasteiger charge is 2.29. The standard InChI is InChI=1S/C19H20N4O3/c24-19(10-18-5-3-9-26-18)22-11-16-6-8-21-23(16)17(12-22)14-25-13-15-4-1-2-7-20-15/h1-9,17H,10-14H2. The predicted octanol–water partition coefficient (Wildman–Crippen LogP) is 2.21. The van der Waals surface area contributed by atoms with Crippen LogP contribution < -0.4 is 0 Å². The Balaban J connectivity index is 1.40. The highest BCUT2D eigenvalue weighted by Crippen LogP contribution is 2.22. The minimum atomic E-state index is -0.0157. The maximum absolute atomic E-state index is 12.6. The van der Waals surface area contributed by atoms with E-state index in [-0.39, 0.29) is 18.4 Å². The number of fused-ring (bicyclic) bond motifs is 1. The normalized spacial score (nSPS) is 16.5. The maximum atomic E-state index is 12.6. The Labute approximate surface area is 151 Å². The van der Waals surface area contributed by atoms with Crippen molar-refractivity contribution < 1.29 is 13.9 Å². The van der Waals surface area contributed by atoms with Gasteiger partial charge in [-0.25, -0.2) is 0 Å². The molecule has 3 aromatic heterocycles. The van der Waals surface area contributed by atoms with Gasteiger partial charge in [-0.05, 0) is 30.3 Å². The molecule has 0 aromatic carbocycles. The smallest absolute Gasteiger partial charge is 0.230 e. The number of pyridine rings is 1. The molecule has 7 heteroatoms. The number of hydrogen-bond acceptors (Lipinski definition) is 5. The second kappa shape index (κ2) is 7.53. The quantitative estimate of drug-likeness (QED) is 0.680. The first-order chi connectivity index (χ1) is 12.8. The number of carbonyl (C=O) groups is 1.